The van der Waals surface area contributed by atoms with Gasteiger partial charge in [0.15, 0.2) is 0 Å². The lowest BCUT2D eigenvalue weighted by atomic mass is 10.1. The summed E-state index contributed by atoms with van der Waals surface area (Å²) < 4.78 is 0. The number of nitrogens with zero attached hydrogens (tertiary/aromatic N) is 4. The maximum atomic E-state index is 9.66. The lowest BCUT2D eigenvalue weighted by Crippen LogP contribution is -2.47. The average Bonchev–Trinajstić information content (AvgIpc) is 3.24. The Hall–Kier alpha value is -3.14. The summed E-state index contributed by atoms with van der Waals surface area (Å²) in [6, 6.07) is 8.80. The van der Waals surface area contributed by atoms with Gasteiger partial charge in [0.05, 0.1) is 11.3 Å². The van der Waals surface area contributed by atoms with Crippen molar-refractivity contribution in [3.63, 3.8) is 0 Å². The zero-order valence-electron chi connectivity index (χ0n) is 17.8. The van der Waals surface area contributed by atoms with Crippen molar-refractivity contribution in [2.45, 2.75) is 19.9 Å². The van der Waals surface area contributed by atoms with E-state index in [9.17, 15) is 5.26 Å². The minimum atomic E-state index is 0.329. The van der Waals surface area contributed by atoms with E-state index >= 15 is 0 Å². The van der Waals surface area contributed by atoms with E-state index in [1.165, 1.54) is 5.39 Å². The maximum Gasteiger partial charge on any atom is 0.103 e. The van der Waals surface area contributed by atoms with Crippen molar-refractivity contribution < 1.29 is 0 Å². The highest BCUT2D eigenvalue weighted by atomic mass is 15.3. The van der Waals surface area contributed by atoms with E-state index < -0.39 is 0 Å². The van der Waals surface area contributed by atoms with Crippen LogP contribution in [-0.2, 0) is 0 Å². The van der Waals surface area contributed by atoms with Crippen LogP contribution in [0.15, 0.2) is 42.9 Å². The predicted octanol–water partition coefficient (Wildman–Crippen LogP) is 4.14. The minimum Gasteiger partial charge on any atom is -0.361 e. The zero-order chi connectivity index (χ0) is 21.1. The normalized spacial score (nSPS) is 16.7. The van der Waals surface area contributed by atoms with Crippen LogP contribution in [-0.4, -0.2) is 59.0 Å². The Labute approximate surface area is 177 Å². The van der Waals surface area contributed by atoms with Crippen LogP contribution >= 0.6 is 0 Å². The first-order valence-electron chi connectivity index (χ1n) is 10.4. The Morgan fingerprint density at radius 3 is 2.77 bits per heavy atom. The van der Waals surface area contributed by atoms with Gasteiger partial charge in [0.2, 0.25) is 0 Å². The van der Waals surface area contributed by atoms with E-state index in [2.05, 4.69) is 82.4 Å². The second-order valence-corrected chi connectivity index (χ2v) is 8.00. The first-order valence-corrected chi connectivity index (χ1v) is 10.4. The van der Waals surface area contributed by atoms with Gasteiger partial charge in [-0.15, -0.1) is 0 Å². The molecule has 0 spiro atoms. The molecule has 1 aliphatic rings. The predicted molar refractivity (Wildman–Crippen MR) is 123 cm³/mol. The maximum absolute atomic E-state index is 9.66. The van der Waals surface area contributed by atoms with Crippen LogP contribution in [0.1, 0.15) is 23.6 Å². The van der Waals surface area contributed by atoms with Crippen LogP contribution in [0, 0.1) is 18.3 Å². The van der Waals surface area contributed by atoms with Gasteiger partial charge in [0.25, 0.3) is 0 Å². The summed E-state index contributed by atoms with van der Waals surface area (Å²) in [5, 5.41) is 14.3. The number of rotatable bonds is 5. The fourth-order valence-electron chi connectivity index (χ4n) is 3.98. The summed E-state index contributed by atoms with van der Waals surface area (Å²) in [5.41, 5.74) is 5.50. The molecule has 1 saturated heterocycles. The van der Waals surface area contributed by atoms with Gasteiger partial charge in [-0.3, -0.25) is 9.88 Å². The minimum absolute atomic E-state index is 0.329. The third kappa shape index (κ3) is 4.09. The third-order valence-electron chi connectivity index (χ3n) is 6.03. The Bertz CT molecular complexity index is 1100. The van der Waals surface area contributed by atoms with Gasteiger partial charge < -0.3 is 15.2 Å². The van der Waals surface area contributed by atoms with Gasteiger partial charge >= 0.3 is 0 Å². The van der Waals surface area contributed by atoms with Gasteiger partial charge in [-0.05, 0) is 44.7 Å². The number of aromatic nitrogens is 2. The Morgan fingerprint density at radius 2 is 2.00 bits per heavy atom. The van der Waals surface area contributed by atoms with Crippen molar-refractivity contribution in [2.24, 2.45) is 0 Å². The van der Waals surface area contributed by atoms with Crippen LogP contribution in [0.25, 0.3) is 17.0 Å². The molecule has 1 fully saturated rings. The van der Waals surface area contributed by atoms with Gasteiger partial charge in [0.1, 0.15) is 6.07 Å². The second kappa shape index (κ2) is 8.70. The molecule has 0 bridgehead atoms. The number of benzene rings is 1. The number of hydrogen-bond acceptors (Lipinski definition) is 5. The summed E-state index contributed by atoms with van der Waals surface area (Å²) >= 11 is 0. The zero-order valence-corrected chi connectivity index (χ0v) is 17.8. The van der Waals surface area contributed by atoms with Crippen molar-refractivity contribution in [1.29, 1.82) is 5.26 Å². The lowest BCUT2D eigenvalue weighted by molar-refractivity contribution is 0.136. The molecule has 30 heavy (non-hydrogen) atoms. The standard InChI is InChI=1S/C24H28N6/c1-17(30-12-10-29(3)11-13-30)4-5-19-15-26-16-20(14-25)24(19)28-22-6-7-23-21(18(22)2)8-9-27-23/h4-9,15-17,27H,10-13H2,1-3H3,(H,26,28)/b5-4+. The molecule has 6 nitrogen and oxygen atoms in total. The van der Waals surface area contributed by atoms with Crippen molar-refractivity contribution in [2.75, 3.05) is 38.5 Å². The highest BCUT2D eigenvalue weighted by molar-refractivity contribution is 5.89. The van der Waals surface area contributed by atoms with Crippen molar-refractivity contribution >= 4 is 28.4 Å². The number of pyridine rings is 1. The molecule has 2 aromatic heterocycles. The van der Waals surface area contributed by atoms with Gasteiger partial charge in [-0.25, -0.2) is 0 Å². The van der Waals surface area contributed by atoms with Crippen molar-refractivity contribution in [3.05, 3.63) is 59.6 Å². The number of aromatic amines is 1. The summed E-state index contributed by atoms with van der Waals surface area (Å²) in [6.45, 7) is 8.64. The number of nitrogens with one attached hydrogen (secondary N) is 2. The number of likely N-dealkylation sites (N-methyl/N-ethyl adjacent to an activating group) is 1. The molecular formula is C24H28N6. The third-order valence-corrected chi connectivity index (χ3v) is 6.03. The van der Waals surface area contributed by atoms with E-state index in [0.717, 1.165) is 54.2 Å². The molecule has 3 heterocycles. The molecule has 1 aliphatic heterocycles. The van der Waals surface area contributed by atoms with Gasteiger partial charge in [0, 0.05) is 73.0 Å². The van der Waals surface area contributed by atoms with Crippen LogP contribution < -0.4 is 5.32 Å². The Kier molecular flexibility index (Phi) is 5.84. The molecule has 3 aromatic rings. The molecule has 1 aromatic carbocycles. The van der Waals surface area contributed by atoms with Gasteiger partial charge in [-0.2, -0.15) is 5.26 Å². The van der Waals surface area contributed by atoms with Gasteiger partial charge in [-0.1, -0.05) is 12.2 Å². The second-order valence-electron chi connectivity index (χ2n) is 8.00. The molecule has 6 heteroatoms. The highest BCUT2D eigenvalue weighted by Gasteiger charge is 2.17. The number of hydrogen-bond donors (Lipinski definition) is 2. The topological polar surface area (TPSA) is 71.0 Å². The summed E-state index contributed by atoms with van der Waals surface area (Å²) in [6.07, 6.45) is 9.68. The Balaban J connectivity index is 1.61. The molecule has 0 aliphatic carbocycles. The number of piperazine rings is 1. The number of nitriles is 1. The Morgan fingerprint density at radius 1 is 1.20 bits per heavy atom. The summed E-state index contributed by atoms with van der Waals surface area (Å²) in [7, 11) is 2.17. The highest BCUT2D eigenvalue weighted by Crippen LogP contribution is 2.31. The fraction of sp³-hybridized carbons (Fsp3) is 0.333. The number of H-pyrrole nitrogens is 1. The van der Waals surface area contributed by atoms with Crippen LogP contribution in [0.5, 0.6) is 0 Å². The molecule has 154 valence electrons. The molecule has 0 saturated carbocycles. The molecular weight excluding hydrogens is 372 g/mol. The van der Waals surface area contributed by atoms with Crippen LogP contribution in [0.2, 0.25) is 0 Å². The first-order chi connectivity index (χ1) is 14.6. The summed E-state index contributed by atoms with van der Waals surface area (Å²) in [5.74, 6) is 0. The monoisotopic (exact) mass is 400 g/mol. The lowest BCUT2D eigenvalue weighted by Gasteiger charge is -2.35. The SMILES string of the molecule is Cc1c(Nc2c(C#N)cncc2/C=C/C(C)N2CCN(C)CC2)ccc2[nH]ccc12. The van der Waals surface area contributed by atoms with Crippen molar-refractivity contribution in [3.8, 4) is 6.07 Å². The molecule has 4 rings (SSSR count). The smallest absolute Gasteiger partial charge is 0.103 e. The van der Waals surface area contributed by atoms with E-state index in [-0.39, 0.29) is 0 Å². The van der Waals surface area contributed by atoms with Crippen molar-refractivity contribution in [1.82, 2.24) is 19.8 Å². The molecule has 1 unspecified atom stereocenters. The van der Waals surface area contributed by atoms with E-state index in [1.807, 2.05) is 12.4 Å². The number of aryl methyl sites for hydroxylation is 1. The average molecular weight is 401 g/mol. The molecule has 0 amide bonds. The van der Waals surface area contributed by atoms with E-state index in [4.69, 9.17) is 0 Å². The molecule has 1 atom stereocenters. The molecule has 0 radical (unpaired) electrons. The number of anilines is 2. The number of fused-ring (bicyclic) bond motifs is 1. The van der Waals surface area contributed by atoms with E-state index in [0.29, 0.717) is 11.6 Å². The fourth-order valence-corrected chi connectivity index (χ4v) is 3.98. The largest absolute Gasteiger partial charge is 0.361 e. The van der Waals surface area contributed by atoms with Crippen LogP contribution in [0.3, 0.4) is 0 Å². The quantitative estimate of drug-likeness (QED) is 0.674. The first kappa shape index (κ1) is 20.1. The van der Waals surface area contributed by atoms with Crippen LogP contribution in [0.4, 0.5) is 11.4 Å². The molecule has 2 N–H and O–H groups in total. The van der Waals surface area contributed by atoms with E-state index in [1.54, 1.807) is 6.20 Å². The summed E-state index contributed by atoms with van der Waals surface area (Å²) in [4.78, 5) is 12.4.